The fourth-order valence-electron chi connectivity index (χ4n) is 3.22. The predicted molar refractivity (Wildman–Crippen MR) is 79.1 cm³/mol. The molecule has 19 heavy (non-hydrogen) atoms. The molecule has 0 fully saturated rings. The fourth-order valence-corrected chi connectivity index (χ4v) is 3.22. The standard InChI is InChI=1S/C18H22N/c1-13-7-5-6-8-15(13)17-11-14-9-10-18(2,3)16(14)12-19(17)4/h5-8,11-12H,9-10H2,1-4H3/q+1. The number of hydrogen-bond donors (Lipinski definition) is 0. The molecule has 0 saturated carbocycles. The van der Waals surface area contributed by atoms with E-state index in [0.29, 0.717) is 5.41 Å². The van der Waals surface area contributed by atoms with Crippen LogP contribution >= 0.6 is 0 Å². The lowest BCUT2D eigenvalue weighted by molar-refractivity contribution is -0.661. The molecule has 3 rings (SSSR count). The number of aryl methyl sites for hydroxylation is 3. The summed E-state index contributed by atoms with van der Waals surface area (Å²) in [6.07, 6.45) is 4.81. The van der Waals surface area contributed by atoms with E-state index in [1.807, 2.05) is 0 Å². The summed E-state index contributed by atoms with van der Waals surface area (Å²) in [4.78, 5) is 0. The Morgan fingerprint density at radius 3 is 2.63 bits per heavy atom. The van der Waals surface area contributed by atoms with Crippen molar-refractivity contribution in [3.05, 3.63) is 53.2 Å². The van der Waals surface area contributed by atoms with Gasteiger partial charge in [0.2, 0.25) is 5.69 Å². The van der Waals surface area contributed by atoms with Crippen LogP contribution in [0.2, 0.25) is 0 Å². The summed E-state index contributed by atoms with van der Waals surface area (Å²) in [7, 11) is 2.16. The number of hydrogen-bond acceptors (Lipinski definition) is 0. The van der Waals surface area contributed by atoms with Crippen LogP contribution in [0.4, 0.5) is 0 Å². The van der Waals surface area contributed by atoms with Crippen LogP contribution in [-0.4, -0.2) is 0 Å². The Kier molecular flexibility index (Phi) is 2.74. The van der Waals surface area contributed by atoms with Crippen molar-refractivity contribution >= 4 is 0 Å². The summed E-state index contributed by atoms with van der Waals surface area (Å²) >= 11 is 0. The van der Waals surface area contributed by atoms with Gasteiger partial charge < -0.3 is 0 Å². The van der Waals surface area contributed by atoms with E-state index in [2.05, 4.69) is 68.9 Å². The molecule has 0 saturated heterocycles. The van der Waals surface area contributed by atoms with Crippen molar-refractivity contribution in [1.29, 1.82) is 0 Å². The first kappa shape index (κ1) is 12.4. The lowest BCUT2D eigenvalue weighted by Crippen LogP contribution is -2.33. The molecule has 0 bridgehead atoms. The first-order chi connectivity index (χ1) is 8.99. The highest BCUT2D eigenvalue weighted by Gasteiger charge is 2.33. The molecular weight excluding hydrogens is 230 g/mol. The van der Waals surface area contributed by atoms with E-state index < -0.39 is 0 Å². The Bertz CT molecular complexity index is 638. The largest absolute Gasteiger partial charge is 0.212 e. The van der Waals surface area contributed by atoms with E-state index in [0.717, 1.165) is 0 Å². The number of nitrogens with zero attached hydrogens (tertiary/aromatic N) is 1. The molecule has 1 aliphatic carbocycles. The maximum Gasteiger partial charge on any atom is 0.212 e. The average Bonchev–Trinajstić information content (AvgIpc) is 2.65. The van der Waals surface area contributed by atoms with Crippen molar-refractivity contribution in [2.45, 2.75) is 39.0 Å². The molecule has 1 heteroatoms. The molecule has 1 aromatic heterocycles. The van der Waals surface area contributed by atoms with Gasteiger partial charge in [-0.25, -0.2) is 4.57 Å². The molecule has 0 amide bonds. The van der Waals surface area contributed by atoms with Crippen molar-refractivity contribution < 1.29 is 4.57 Å². The molecule has 0 unspecified atom stereocenters. The quantitative estimate of drug-likeness (QED) is 0.681. The Balaban J connectivity index is 2.19. The number of pyridine rings is 1. The van der Waals surface area contributed by atoms with Crippen LogP contribution in [-0.2, 0) is 18.9 Å². The van der Waals surface area contributed by atoms with Crippen LogP contribution in [0, 0.1) is 6.92 Å². The third kappa shape index (κ3) is 1.98. The van der Waals surface area contributed by atoms with Gasteiger partial charge in [0.1, 0.15) is 7.05 Å². The minimum absolute atomic E-state index is 0.331. The number of rotatable bonds is 1. The van der Waals surface area contributed by atoms with Crippen LogP contribution < -0.4 is 4.57 Å². The maximum absolute atomic E-state index is 2.40. The van der Waals surface area contributed by atoms with Gasteiger partial charge in [-0.05, 0) is 42.4 Å². The lowest BCUT2D eigenvalue weighted by Gasteiger charge is -2.17. The zero-order chi connectivity index (χ0) is 13.6. The van der Waals surface area contributed by atoms with Gasteiger partial charge in [0.25, 0.3) is 0 Å². The highest BCUT2D eigenvalue weighted by atomic mass is 14.9. The van der Waals surface area contributed by atoms with Gasteiger partial charge in [0.15, 0.2) is 6.20 Å². The number of aromatic nitrogens is 1. The Labute approximate surface area is 115 Å². The summed E-state index contributed by atoms with van der Waals surface area (Å²) in [5, 5.41) is 0. The van der Waals surface area contributed by atoms with Gasteiger partial charge in [-0.1, -0.05) is 32.0 Å². The van der Waals surface area contributed by atoms with E-state index in [9.17, 15) is 0 Å². The summed E-state index contributed by atoms with van der Waals surface area (Å²) in [5.74, 6) is 0. The third-order valence-corrected chi connectivity index (χ3v) is 4.53. The number of fused-ring (bicyclic) bond motifs is 1. The SMILES string of the molecule is Cc1ccccc1-c1cc2c(c[n+]1C)C(C)(C)CC2. The van der Waals surface area contributed by atoms with Crippen LogP contribution in [0.1, 0.15) is 37.0 Å². The third-order valence-electron chi connectivity index (χ3n) is 4.53. The maximum atomic E-state index is 2.40. The van der Waals surface area contributed by atoms with Crippen molar-refractivity contribution in [3.8, 4) is 11.3 Å². The molecule has 0 spiro atoms. The van der Waals surface area contributed by atoms with Crippen LogP contribution in [0.5, 0.6) is 0 Å². The monoisotopic (exact) mass is 252 g/mol. The van der Waals surface area contributed by atoms with E-state index >= 15 is 0 Å². The van der Waals surface area contributed by atoms with E-state index in [4.69, 9.17) is 0 Å². The second-order valence-electron chi connectivity index (χ2n) is 6.41. The van der Waals surface area contributed by atoms with Crippen molar-refractivity contribution in [2.75, 3.05) is 0 Å². The summed E-state index contributed by atoms with van der Waals surface area (Å²) in [5.41, 5.74) is 7.40. The summed E-state index contributed by atoms with van der Waals surface area (Å²) in [6.45, 7) is 6.89. The first-order valence-corrected chi connectivity index (χ1v) is 7.08. The molecular formula is C18H22N+. The molecule has 1 aromatic carbocycles. The molecule has 2 aromatic rings. The first-order valence-electron chi connectivity index (χ1n) is 7.08. The van der Waals surface area contributed by atoms with E-state index in [1.165, 1.54) is 40.8 Å². The fraction of sp³-hybridized carbons (Fsp3) is 0.389. The van der Waals surface area contributed by atoms with Gasteiger partial charge in [-0.15, -0.1) is 0 Å². The topological polar surface area (TPSA) is 3.88 Å². The van der Waals surface area contributed by atoms with Crippen LogP contribution in [0.15, 0.2) is 36.5 Å². The molecule has 98 valence electrons. The van der Waals surface area contributed by atoms with Gasteiger partial charge in [0, 0.05) is 17.2 Å². The van der Waals surface area contributed by atoms with Crippen molar-refractivity contribution in [2.24, 2.45) is 7.05 Å². The lowest BCUT2D eigenvalue weighted by atomic mass is 9.87. The van der Waals surface area contributed by atoms with Gasteiger partial charge in [0.05, 0.1) is 0 Å². The summed E-state index contributed by atoms with van der Waals surface area (Å²) in [6, 6.07) is 11.0. The molecule has 1 nitrogen and oxygen atoms in total. The number of benzene rings is 1. The van der Waals surface area contributed by atoms with Gasteiger partial charge in [-0.2, -0.15) is 0 Å². The van der Waals surface area contributed by atoms with E-state index in [-0.39, 0.29) is 0 Å². The minimum Gasteiger partial charge on any atom is -0.201 e. The minimum atomic E-state index is 0.331. The normalized spacial score (nSPS) is 16.4. The predicted octanol–water partition coefficient (Wildman–Crippen LogP) is 3.71. The summed E-state index contributed by atoms with van der Waals surface area (Å²) < 4.78 is 2.29. The van der Waals surface area contributed by atoms with Crippen molar-refractivity contribution in [3.63, 3.8) is 0 Å². The second-order valence-corrected chi connectivity index (χ2v) is 6.41. The molecule has 0 atom stereocenters. The average molecular weight is 252 g/mol. The highest BCUT2D eigenvalue weighted by Crippen LogP contribution is 2.38. The zero-order valence-electron chi connectivity index (χ0n) is 12.3. The molecule has 1 heterocycles. The Morgan fingerprint density at radius 1 is 1.16 bits per heavy atom. The second kappa shape index (κ2) is 4.19. The van der Waals surface area contributed by atoms with E-state index in [1.54, 1.807) is 0 Å². The molecule has 0 N–H and O–H groups in total. The zero-order valence-corrected chi connectivity index (χ0v) is 12.3. The molecule has 1 aliphatic rings. The Hall–Kier alpha value is -1.63. The smallest absolute Gasteiger partial charge is 0.201 e. The van der Waals surface area contributed by atoms with Crippen LogP contribution in [0.3, 0.4) is 0 Å². The van der Waals surface area contributed by atoms with Crippen LogP contribution in [0.25, 0.3) is 11.3 Å². The van der Waals surface area contributed by atoms with Gasteiger partial charge >= 0.3 is 0 Å². The molecule has 0 aliphatic heterocycles. The van der Waals surface area contributed by atoms with Gasteiger partial charge in [-0.3, -0.25) is 0 Å². The highest BCUT2D eigenvalue weighted by molar-refractivity contribution is 5.62. The Morgan fingerprint density at radius 2 is 1.89 bits per heavy atom. The molecule has 0 radical (unpaired) electrons. The van der Waals surface area contributed by atoms with Crippen molar-refractivity contribution in [1.82, 2.24) is 0 Å².